The maximum Gasteiger partial charge on any atom is 0.371 e. The number of morpholine rings is 1. The maximum absolute atomic E-state index is 10.8. The molecule has 0 aliphatic carbocycles. The van der Waals surface area contributed by atoms with Gasteiger partial charge in [-0.25, -0.2) is 4.79 Å². The van der Waals surface area contributed by atoms with Gasteiger partial charge in [0.2, 0.25) is 5.76 Å². The van der Waals surface area contributed by atoms with E-state index >= 15 is 0 Å². The summed E-state index contributed by atoms with van der Waals surface area (Å²) in [5.41, 5.74) is 0.839. The Balaban J connectivity index is 2.05. The van der Waals surface area contributed by atoms with Gasteiger partial charge in [0.15, 0.2) is 6.10 Å². The van der Waals surface area contributed by atoms with Gasteiger partial charge in [-0.05, 0) is 13.0 Å². The van der Waals surface area contributed by atoms with Crippen molar-refractivity contribution in [3.05, 3.63) is 23.2 Å². The molecule has 18 heavy (non-hydrogen) atoms. The number of hydrogen-bond acceptors (Lipinski definition) is 5. The van der Waals surface area contributed by atoms with E-state index in [1.807, 2.05) is 0 Å². The van der Waals surface area contributed by atoms with Crippen LogP contribution in [-0.4, -0.2) is 41.8 Å². The minimum absolute atomic E-state index is 0.0485. The van der Waals surface area contributed by atoms with Crippen molar-refractivity contribution >= 4 is 5.97 Å². The second kappa shape index (κ2) is 5.21. The molecular formula is C12H14N2O4. The van der Waals surface area contributed by atoms with Crippen molar-refractivity contribution in [1.82, 2.24) is 4.90 Å². The van der Waals surface area contributed by atoms with Crippen LogP contribution >= 0.6 is 0 Å². The largest absolute Gasteiger partial charge is 0.475 e. The second-order valence-corrected chi connectivity index (χ2v) is 4.22. The lowest BCUT2D eigenvalue weighted by atomic mass is 10.2. The molecule has 2 rings (SSSR count). The predicted octanol–water partition coefficient (Wildman–Crippen LogP) is 1.01. The fourth-order valence-corrected chi connectivity index (χ4v) is 1.95. The van der Waals surface area contributed by atoms with Gasteiger partial charge in [-0.2, -0.15) is 5.26 Å². The minimum Gasteiger partial charge on any atom is -0.475 e. The van der Waals surface area contributed by atoms with Gasteiger partial charge in [-0.3, -0.25) is 4.90 Å². The third kappa shape index (κ3) is 2.70. The summed E-state index contributed by atoms with van der Waals surface area (Å²) >= 11 is 0. The minimum atomic E-state index is -1.07. The van der Waals surface area contributed by atoms with Crippen LogP contribution in [0.5, 0.6) is 0 Å². The van der Waals surface area contributed by atoms with Crippen molar-refractivity contribution in [2.75, 3.05) is 19.7 Å². The van der Waals surface area contributed by atoms with Gasteiger partial charge < -0.3 is 14.3 Å². The molecule has 2 heterocycles. The Kier molecular flexibility index (Phi) is 3.65. The number of ether oxygens (including phenoxy) is 1. The highest BCUT2D eigenvalue weighted by molar-refractivity contribution is 5.84. The summed E-state index contributed by atoms with van der Waals surface area (Å²) in [6, 6.07) is 3.61. The molecule has 0 amide bonds. The topological polar surface area (TPSA) is 86.7 Å². The van der Waals surface area contributed by atoms with Crippen molar-refractivity contribution < 1.29 is 19.1 Å². The van der Waals surface area contributed by atoms with E-state index in [9.17, 15) is 4.79 Å². The van der Waals surface area contributed by atoms with Crippen molar-refractivity contribution in [2.24, 2.45) is 0 Å². The van der Waals surface area contributed by atoms with Crippen LogP contribution in [0.3, 0.4) is 0 Å². The third-order valence-electron chi connectivity index (χ3n) is 2.92. The summed E-state index contributed by atoms with van der Waals surface area (Å²) in [5.74, 6) is -0.513. The fourth-order valence-electron chi connectivity index (χ4n) is 1.95. The molecule has 0 bridgehead atoms. The van der Waals surface area contributed by atoms with E-state index in [-0.39, 0.29) is 5.76 Å². The number of nitriles is 1. The third-order valence-corrected chi connectivity index (χ3v) is 2.92. The van der Waals surface area contributed by atoms with Crippen molar-refractivity contribution in [2.45, 2.75) is 19.6 Å². The van der Waals surface area contributed by atoms with Crippen LogP contribution in [0.2, 0.25) is 0 Å². The SMILES string of the molecule is Cc1oc(C(=O)O)cc1CN1CCOC(C#N)C1. The van der Waals surface area contributed by atoms with E-state index in [4.69, 9.17) is 19.5 Å². The van der Waals surface area contributed by atoms with Crippen LogP contribution in [0.15, 0.2) is 10.5 Å². The molecule has 96 valence electrons. The highest BCUT2D eigenvalue weighted by Gasteiger charge is 2.22. The quantitative estimate of drug-likeness (QED) is 0.861. The molecule has 1 aromatic rings. The average molecular weight is 250 g/mol. The van der Waals surface area contributed by atoms with Crippen LogP contribution in [0, 0.1) is 18.3 Å². The Morgan fingerprint density at radius 3 is 3.11 bits per heavy atom. The zero-order valence-electron chi connectivity index (χ0n) is 10.0. The van der Waals surface area contributed by atoms with E-state index in [0.717, 1.165) is 12.1 Å². The lowest BCUT2D eigenvalue weighted by Crippen LogP contribution is -2.41. The highest BCUT2D eigenvalue weighted by atomic mass is 16.5. The fraction of sp³-hybridized carbons (Fsp3) is 0.500. The molecule has 0 aromatic carbocycles. The van der Waals surface area contributed by atoms with Crippen LogP contribution in [0.1, 0.15) is 21.9 Å². The van der Waals surface area contributed by atoms with Gasteiger partial charge in [0, 0.05) is 25.2 Å². The summed E-state index contributed by atoms with van der Waals surface area (Å²) in [5, 5.41) is 17.6. The Morgan fingerprint density at radius 2 is 2.50 bits per heavy atom. The van der Waals surface area contributed by atoms with Crippen molar-refractivity contribution in [1.29, 1.82) is 5.26 Å². The number of aromatic carboxylic acids is 1. The maximum atomic E-state index is 10.8. The normalized spacial score (nSPS) is 20.6. The standard InChI is InChI=1S/C12H14N2O4/c1-8-9(4-11(18-8)12(15)16)6-14-2-3-17-10(5-13)7-14/h4,10H,2-3,6-7H2,1H3,(H,15,16). The first kappa shape index (κ1) is 12.6. The number of carboxylic acids is 1. The van der Waals surface area contributed by atoms with E-state index in [2.05, 4.69) is 11.0 Å². The van der Waals surface area contributed by atoms with E-state index in [1.165, 1.54) is 6.07 Å². The van der Waals surface area contributed by atoms with Gasteiger partial charge in [0.05, 0.1) is 12.7 Å². The number of nitrogens with zero attached hydrogens (tertiary/aromatic N) is 2. The Bertz CT molecular complexity index is 489. The van der Waals surface area contributed by atoms with Gasteiger partial charge in [-0.15, -0.1) is 0 Å². The van der Waals surface area contributed by atoms with Gasteiger partial charge in [0.25, 0.3) is 0 Å². The van der Waals surface area contributed by atoms with Crippen LogP contribution < -0.4 is 0 Å². The summed E-state index contributed by atoms with van der Waals surface area (Å²) in [6.45, 7) is 4.09. The number of furan rings is 1. The summed E-state index contributed by atoms with van der Waals surface area (Å²) in [6.07, 6.45) is -0.412. The van der Waals surface area contributed by atoms with Gasteiger partial charge in [-0.1, -0.05) is 0 Å². The average Bonchev–Trinajstić information content (AvgIpc) is 2.71. The van der Waals surface area contributed by atoms with E-state index < -0.39 is 12.1 Å². The molecule has 1 saturated heterocycles. The van der Waals surface area contributed by atoms with Crippen LogP contribution in [0.25, 0.3) is 0 Å². The van der Waals surface area contributed by atoms with E-state index in [1.54, 1.807) is 6.92 Å². The van der Waals surface area contributed by atoms with Crippen molar-refractivity contribution in [3.63, 3.8) is 0 Å². The molecule has 6 heteroatoms. The molecule has 1 N–H and O–H groups in total. The number of rotatable bonds is 3. The second-order valence-electron chi connectivity index (χ2n) is 4.22. The number of carbonyl (C=O) groups is 1. The number of carboxylic acid groups (broad SMARTS) is 1. The lowest BCUT2D eigenvalue weighted by Gasteiger charge is -2.29. The number of hydrogen-bond donors (Lipinski definition) is 1. The lowest BCUT2D eigenvalue weighted by molar-refractivity contribution is -0.00283. The molecule has 1 atom stereocenters. The molecule has 6 nitrogen and oxygen atoms in total. The predicted molar refractivity (Wildman–Crippen MR) is 61.0 cm³/mol. The summed E-state index contributed by atoms with van der Waals surface area (Å²) in [7, 11) is 0. The molecule has 1 unspecified atom stereocenters. The smallest absolute Gasteiger partial charge is 0.371 e. The Hall–Kier alpha value is -1.84. The Morgan fingerprint density at radius 1 is 1.72 bits per heavy atom. The first-order valence-electron chi connectivity index (χ1n) is 5.66. The molecule has 0 radical (unpaired) electrons. The Labute approximate surface area is 104 Å². The molecule has 0 saturated carbocycles. The molecular weight excluding hydrogens is 236 g/mol. The summed E-state index contributed by atoms with van der Waals surface area (Å²) in [4.78, 5) is 12.8. The van der Waals surface area contributed by atoms with Gasteiger partial charge in [0.1, 0.15) is 5.76 Å². The molecule has 1 aromatic heterocycles. The molecule has 1 fully saturated rings. The molecule has 1 aliphatic heterocycles. The molecule has 0 spiro atoms. The van der Waals surface area contributed by atoms with Gasteiger partial charge >= 0.3 is 5.97 Å². The van der Waals surface area contributed by atoms with Crippen molar-refractivity contribution in [3.8, 4) is 6.07 Å². The monoisotopic (exact) mass is 250 g/mol. The first-order chi connectivity index (χ1) is 8.60. The molecule has 1 aliphatic rings. The number of aryl methyl sites for hydroxylation is 1. The highest BCUT2D eigenvalue weighted by Crippen LogP contribution is 2.18. The van der Waals surface area contributed by atoms with Crippen LogP contribution in [-0.2, 0) is 11.3 Å². The summed E-state index contributed by atoms with van der Waals surface area (Å²) < 4.78 is 10.4. The zero-order chi connectivity index (χ0) is 13.1. The van der Waals surface area contributed by atoms with Crippen LogP contribution in [0.4, 0.5) is 0 Å². The van der Waals surface area contributed by atoms with E-state index in [0.29, 0.717) is 25.5 Å². The zero-order valence-corrected chi connectivity index (χ0v) is 10.0. The first-order valence-corrected chi connectivity index (χ1v) is 5.66.